The molecule has 136 valence electrons. The first kappa shape index (κ1) is 18.5. The molecular formula is C20H22BrN3O2. The third-order valence-electron chi connectivity index (χ3n) is 4.20. The zero-order valence-corrected chi connectivity index (χ0v) is 16.5. The number of carbonyl (C=O) groups is 1. The lowest BCUT2D eigenvalue weighted by atomic mass is 10.3. The molecule has 1 atom stereocenters. The molecule has 0 spiro atoms. The highest BCUT2D eigenvalue weighted by Crippen LogP contribution is 2.17. The number of imidazole rings is 1. The van der Waals surface area contributed by atoms with Gasteiger partial charge in [-0.2, -0.15) is 0 Å². The number of amides is 1. The normalized spacial score (nSPS) is 12.1. The molecule has 1 amide bonds. The molecule has 0 saturated carbocycles. The first-order valence-corrected chi connectivity index (χ1v) is 9.45. The van der Waals surface area contributed by atoms with Gasteiger partial charge in [0.25, 0.3) is 5.91 Å². The summed E-state index contributed by atoms with van der Waals surface area (Å²) in [5.41, 5.74) is 2.13. The average molecular weight is 416 g/mol. The predicted molar refractivity (Wildman–Crippen MR) is 106 cm³/mol. The van der Waals surface area contributed by atoms with Crippen molar-refractivity contribution in [3.8, 4) is 5.75 Å². The number of benzene rings is 2. The summed E-state index contributed by atoms with van der Waals surface area (Å²) in [6.45, 7) is 5.17. The lowest BCUT2D eigenvalue weighted by molar-refractivity contribution is -0.127. The summed E-state index contributed by atoms with van der Waals surface area (Å²) in [4.78, 5) is 16.8. The second-order valence-electron chi connectivity index (χ2n) is 6.16. The highest BCUT2D eigenvalue weighted by molar-refractivity contribution is 9.10. The molecule has 0 saturated heterocycles. The number of carbonyl (C=O) groups excluding carboxylic acids is 1. The van der Waals surface area contributed by atoms with Gasteiger partial charge in [0.05, 0.1) is 11.0 Å². The maximum absolute atomic E-state index is 12.2. The van der Waals surface area contributed by atoms with Crippen molar-refractivity contribution in [3.05, 3.63) is 58.8 Å². The molecule has 0 bridgehead atoms. The first-order chi connectivity index (χ1) is 12.5. The largest absolute Gasteiger partial charge is 0.481 e. The van der Waals surface area contributed by atoms with Crippen LogP contribution in [0.1, 0.15) is 19.2 Å². The van der Waals surface area contributed by atoms with E-state index in [4.69, 9.17) is 4.74 Å². The van der Waals surface area contributed by atoms with E-state index in [9.17, 15) is 4.79 Å². The van der Waals surface area contributed by atoms with Gasteiger partial charge in [-0.25, -0.2) is 4.98 Å². The zero-order chi connectivity index (χ0) is 18.5. The number of hydrogen-bond acceptors (Lipinski definition) is 3. The first-order valence-electron chi connectivity index (χ1n) is 8.66. The molecule has 26 heavy (non-hydrogen) atoms. The van der Waals surface area contributed by atoms with E-state index in [1.54, 1.807) is 6.92 Å². The van der Waals surface area contributed by atoms with Gasteiger partial charge in [-0.3, -0.25) is 4.79 Å². The number of rotatable bonds is 7. The third-order valence-corrected chi connectivity index (χ3v) is 4.73. The molecule has 1 heterocycles. The van der Waals surface area contributed by atoms with Crippen LogP contribution in [-0.2, 0) is 11.3 Å². The minimum Gasteiger partial charge on any atom is -0.481 e. The monoisotopic (exact) mass is 415 g/mol. The lowest BCUT2D eigenvalue weighted by Gasteiger charge is -2.15. The van der Waals surface area contributed by atoms with Crippen molar-refractivity contribution in [1.29, 1.82) is 0 Å². The molecule has 0 fully saturated rings. The minimum atomic E-state index is -0.535. The maximum atomic E-state index is 12.2. The molecule has 0 aliphatic carbocycles. The number of nitrogens with one attached hydrogen (secondary N) is 1. The van der Waals surface area contributed by atoms with E-state index in [2.05, 4.69) is 36.9 Å². The van der Waals surface area contributed by atoms with Gasteiger partial charge in [-0.05, 0) is 56.7 Å². The van der Waals surface area contributed by atoms with Crippen molar-refractivity contribution in [3.63, 3.8) is 0 Å². The van der Waals surface area contributed by atoms with Crippen molar-refractivity contribution in [1.82, 2.24) is 14.9 Å². The van der Waals surface area contributed by atoms with E-state index >= 15 is 0 Å². The predicted octanol–water partition coefficient (Wildman–Crippen LogP) is 4.08. The van der Waals surface area contributed by atoms with Crippen molar-refractivity contribution >= 4 is 32.9 Å². The molecule has 1 aromatic heterocycles. The molecule has 0 aliphatic rings. The highest BCUT2D eigenvalue weighted by Gasteiger charge is 2.14. The molecule has 2 aromatic carbocycles. The summed E-state index contributed by atoms with van der Waals surface area (Å²) in [6, 6.07) is 15.5. The number of fused-ring (bicyclic) bond motifs is 1. The summed E-state index contributed by atoms with van der Waals surface area (Å²) in [5, 5.41) is 2.94. The maximum Gasteiger partial charge on any atom is 0.260 e. The van der Waals surface area contributed by atoms with Crippen molar-refractivity contribution in [2.45, 2.75) is 32.9 Å². The van der Waals surface area contributed by atoms with Crippen molar-refractivity contribution < 1.29 is 9.53 Å². The fraction of sp³-hybridized carbons (Fsp3) is 0.300. The molecule has 1 N–H and O–H groups in total. The van der Waals surface area contributed by atoms with Crippen molar-refractivity contribution in [2.75, 3.05) is 6.54 Å². The molecule has 5 nitrogen and oxygen atoms in total. The molecule has 0 radical (unpaired) electrons. The Morgan fingerprint density at radius 2 is 1.96 bits per heavy atom. The van der Waals surface area contributed by atoms with E-state index in [1.165, 1.54) is 0 Å². The highest BCUT2D eigenvalue weighted by atomic mass is 79.9. The molecule has 0 aliphatic heterocycles. The van der Waals surface area contributed by atoms with Gasteiger partial charge < -0.3 is 14.6 Å². The third kappa shape index (κ3) is 4.43. The van der Waals surface area contributed by atoms with Crippen LogP contribution in [0.4, 0.5) is 0 Å². The van der Waals surface area contributed by atoms with Crippen LogP contribution in [-0.4, -0.2) is 28.1 Å². The molecule has 3 aromatic rings. The summed E-state index contributed by atoms with van der Waals surface area (Å²) in [7, 11) is 0. The van der Waals surface area contributed by atoms with Gasteiger partial charge >= 0.3 is 0 Å². The Morgan fingerprint density at radius 1 is 1.23 bits per heavy atom. The SMILES string of the molecule is Cc1nc2ccccc2n1CCCNC(=O)C(C)Oc1ccc(Br)cc1. The van der Waals surface area contributed by atoms with Crippen LogP contribution in [0, 0.1) is 6.92 Å². The van der Waals surface area contributed by atoms with E-state index in [1.807, 2.05) is 49.4 Å². The number of nitrogens with zero attached hydrogens (tertiary/aromatic N) is 2. The summed E-state index contributed by atoms with van der Waals surface area (Å²) >= 11 is 3.38. The smallest absolute Gasteiger partial charge is 0.260 e. The van der Waals surface area contributed by atoms with E-state index < -0.39 is 6.10 Å². The van der Waals surface area contributed by atoms with Crippen LogP contribution in [0.3, 0.4) is 0 Å². The Kier molecular flexibility index (Phi) is 5.93. The zero-order valence-electron chi connectivity index (χ0n) is 14.9. The Balaban J connectivity index is 1.47. The number of aromatic nitrogens is 2. The van der Waals surface area contributed by atoms with E-state index in [-0.39, 0.29) is 5.91 Å². The fourth-order valence-electron chi connectivity index (χ4n) is 2.84. The molecule has 6 heteroatoms. The number of hydrogen-bond donors (Lipinski definition) is 1. The molecular weight excluding hydrogens is 394 g/mol. The van der Waals surface area contributed by atoms with Gasteiger partial charge in [0.15, 0.2) is 6.10 Å². The van der Waals surface area contributed by atoms with E-state index in [0.717, 1.165) is 34.3 Å². The summed E-state index contributed by atoms with van der Waals surface area (Å²) in [5.74, 6) is 1.56. The van der Waals surface area contributed by atoms with Crippen LogP contribution < -0.4 is 10.1 Å². The van der Waals surface area contributed by atoms with E-state index in [0.29, 0.717) is 12.3 Å². The Labute approximate surface area is 161 Å². The second kappa shape index (κ2) is 8.36. The van der Waals surface area contributed by atoms with Crippen LogP contribution in [0.5, 0.6) is 5.75 Å². The quantitative estimate of drug-likeness (QED) is 0.591. The Bertz CT molecular complexity index is 890. The fourth-order valence-corrected chi connectivity index (χ4v) is 3.11. The van der Waals surface area contributed by atoms with Crippen LogP contribution >= 0.6 is 15.9 Å². The Hall–Kier alpha value is -2.34. The van der Waals surface area contributed by atoms with Crippen molar-refractivity contribution in [2.24, 2.45) is 0 Å². The number of aryl methyl sites for hydroxylation is 2. The average Bonchev–Trinajstić information content (AvgIpc) is 2.95. The standard InChI is InChI=1S/C20H22BrN3O2/c1-14(26-17-10-8-16(21)9-11-17)20(25)22-12-5-13-24-15(2)23-18-6-3-4-7-19(18)24/h3-4,6-11,14H,5,12-13H2,1-2H3,(H,22,25). The van der Waals surface area contributed by atoms with Crippen LogP contribution in [0.15, 0.2) is 53.0 Å². The topological polar surface area (TPSA) is 56.2 Å². The number of para-hydroxylation sites is 2. The molecule has 3 rings (SSSR count). The van der Waals surface area contributed by atoms with Gasteiger partial charge in [-0.15, -0.1) is 0 Å². The lowest BCUT2D eigenvalue weighted by Crippen LogP contribution is -2.37. The molecule has 1 unspecified atom stereocenters. The number of halogens is 1. The van der Waals surface area contributed by atoms with Crippen LogP contribution in [0.2, 0.25) is 0 Å². The van der Waals surface area contributed by atoms with Gasteiger partial charge in [-0.1, -0.05) is 28.1 Å². The van der Waals surface area contributed by atoms with Crippen LogP contribution in [0.25, 0.3) is 11.0 Å². The van der Waals surface area contributed by atoms with Gasteiger partial charge in [0.1, 0.15) is 11.6 Å². The van der Waals surface area contributed by atoms with Gasteiger partial charge in [0.2, 0.25) is 0 Å². The Morgan fingerprint density at radius 3 is 2.73 bits per heavy atom. The summed E-state index contributed by atoms with van der Waals surface area (Å²) in [6.07, 6.45) is 0.296. The van der Waals surface area contributed by atoms with Gasteiger partial charge in [0, 0.05) is 17.6 Å². The second-order valence-corrected chi connectivity index (χ2v) is 7.07. The minimum absolute atomic E-state index is 0.111. The number of ether oxygens (including phenoxy) is 1. The summed E-state index contributed by atoms with van der Waals surface area (Å²) < 4.78 is 8.82.